The van der Waals surface area contributed by atoms with Crippen LogP contribution in [0.2, 0.25) is 0 Å². The molecule has 3 nitrogen and oxygen atoms in total. The number of rotatable bonds is 6. The number of hydrogen-bond donors (Lipinski definition) is 0. The summed E-state index contributed by atoms with van der Waals surface area (Å²) in [4.78, 5) is 17.9. The van der Waals surface area contributed by atoms with Crippen LogP contribution in [0.4, 0.5) is 13.2 Å². The fourth-order valence-electron chi connectivity index (χ4n) is 5.81. The van der Waals surface area contributed by atoms with Gasteiger partial charge in [0.05, 0.1) is 34.3 Å². The van der Waals surface area contributed by atoms with Crippen LogP contribution >= 0.6 is 0 Å². The number of ketones is 1. The van der Waals surface area contributed by atoms with Crippen molar-refractivity contribution in [2.45, 2.75) is 110 Å². The van der Waals surface area contributed by atoms with E-state index in [4.69, 9.17) is 4.99 Å². The largest absolute Gasteiger partial charge is 0.391 e. The quantitative estimate of drug-likeness (QED) is 0.337. The number of unbranched alkanes of at least 4 members (excludes halogenated alkanes) is 1. The molecule has 6 heteroatoms. The average Bonchev–Trinajstić information content (AvgIpc) is 3.27. The second-order valence-electron chi connectivity index (χ2n) is 11.3. The monoisotopic (exact) mass is 538 g/mol. The molecule has 2 aliphatic rings. The summed E-state index contributed by atoms with van der Waals surface area (Å²) in [7, 11) is 0. The lowest BCUT2D eigenvalue weighted by molar-refractivity contribution is -0.174. The number of alkyl halides is 3. The molecule has 1 aliphatic carbocycles. The highest BCUT2D eigenvalue weighted by Gasteiger charge is 2.38. The molecule has 210 valence electrons. The summed E-state index contributed by atoms with van der Waals surface area (Å²) in [5, 5.41) is 1.12. The molecule has 0 bridgehead atoms. The first-order valence-electron chi connectivity index (χ1n) is 14.7. The number of nitrogens with zero attached hydrogens (tertiary/aromatic N) is 2. The van der Waals surface area contributed by atoms with Gasteiger partial charge >= 0.3 is 6.18 Å². The maximum Gasteiger partial charge on any atom is 0.391 e. The predicted octanol–water partition coefficient (Wildman–Crippen LogP) is 9.37. The Morgan fingerprint density at radius 3 is 2.59 bits per heavy atom. The van der Waals surface area contributed by atoms with Gasteiger partial charge < -0.3 is 4.57 Å². The van der Waals surface area contributed by atoms with Crippen molar-refractivity contribution in [1.82, 2.24) is 4.57 Å². The molecule has 0 saturated heterocycles. The molecule has 1 aliphatic heterocycles. The van der Waals surface area contributed by atoms with Crippen molar-refractivity contribution >= 4 is 28.6 Å². The molecule has 1 saturated carbocycles. The standard InChI is InChI=1S/C33H41F3N2O/c1-4-5-8-16-28-27-19-18-23(2)20-30(27)38(26-14-10-7-11-15-26)32(28)29-17-12-6-9-13-25(22-37-29)31(39)21-24(3)33(34,35)36/h17-20,22,24-26H,4-7,9-15,21H2,1-3H3/b29-17+,37-22?. The molecule has 1 aromatic carbocycles. The summed E-state index contributed by atoms with van der Waals surface area (Å²) < 4.78 is 42.0. The summed E-state index contributed by atoms with van der Waals surface area (Å²) in [6.07, 6.45) is 9.46. The van der Waals surface area contributed by atoms with Crippen LogP contribution in [0, 0.1) is 30.6 Å². The Morgan fingerprint density at radius 2 is 1.87 bits per heavy atom. The van der Waals surface area contributed by atoms with Crippen LogP contribution in [-0.2, 0) is 4.79 Å². The zero-order valence-corrected chi connectivity index (χ0v) is 23.5. The zero-order valence-electron chi connectivity index (χ0n) is 23.5. The summed E-state index contributed by atoms with van der Waals surface area (Å²) in [6, 6.07) is 6.87. The van der Waals surface area contributed by atoms with Crippen LogP contribution in [0.5, 0.6) is 0 Å². The smallest absolute Gasteiger partial charge is 0.335 e. The van der Waals surface area contributed by atoms with Crippen molar-refractivity contribution in [2.24, 2.45) is 16.8 Å². The predicted molar refractivity (Wildman–Crippen MR) is 154 cm³/mol. The van der Waals surface area contributed by atoms with Gasteiger partial charge in [0.15, 0.2) is 0 Å². The second kappa shape index (κ2) is 13.0. The van der Waals surface area contributed by atoms with Crippen LogP contribution < -0.4 is 0 Å². The number of allylic oxidation sites excluding steroid dienone is 1. The van der Waals surface area contributed by atoms with E-state index in [1.807, 2.05) is 0 Å². The highest BCUT2D eigenvalue weighted by molar-refractivity contribution is 5.98. The number of aromatic nitrogens is 1. The normalized spacial score (nSPS) is 21.3. The van der Waals surface area contributed by atoms with E-state index < -0.39 is 24.4 Å². The number of benzene rings is 1. The third kappa shape index (κ3) is 7.04. The molecule has 2 aromatic rings. The number of carbonyl (C=O) groups is 1. The molecule has 4 rings (SSSR count). The Hall–Kier alpha value is -2.81. The summed E-state index contributed by atoms with van der Waals surface area (Å²) in [5.74, 6) is 4.20. The highest BCUT2D eigenvalue weighted by atomic mass is 19.4. The van der Waals surface area contributed by atoms with E-state index in [9.17, 15) is 18.0 Å². The van der Waals surface area contributed by atoms with Crippen LogP contribution in [0.3, 0.4) is 0 Å². The molecule has 2 unspecified atom stereocenters. The maximum atomic E-state index is 13.2. The minimum absolute atomic E-state index is 0.341. The van der Waals surface area contributed by atoms with Crippen LogP contribution in [0.25, 0.3) is 16.6 Å². The van der Waals surface area contributed by atoms with Gasteiger partial charge in [0.25, 0.3) is 0 Å². The summed E-state index contributed by atoms with van der Waals surface area (Å²) in [6.45, 7) is 5.31. The van der Waals surface area contributed by atoms with Crippen molar-refractivity contribution < 1.29 is 18.0 Å². The third-order valence-electron chi connectivity index (χ3n) is 8.11. The second-order valence-corrected chi connectivity index (χ2v) is 11.3. The van der Waals surface area contributed by atoms with Gasteiger partial charge in [0.2, 0.25) is 0 Å². The Kier molecular flexibility index (Phi) is 9.75. The van der Waals surface area contributed by atoms with Crippen molar-refractivity contribution in [2.75, 3.05) is 0 Å². The van der Waals surface area contributed by atoms with Crippen molar-refractivity contribution in [3.63, 3.8) is 0 Å². The number of halogens is 3. The Labute approximate surface area is 231 Å². The lowest BCUT2D eigenvalue weighted by Crippen LogP contribution is -2.26. The number of carbonyl (C=O) groups excluding carboxylic acids is 1. The van der Waals surface area contributed by atoms with Crippen molar-refractivity contribution in [3.05, 3.63) is 41.1 Å². The van der Waals surface area contributed by atoms with E-state index in [1.54, 1.807) is 6.21 Å². The van der Waals surface area contributed by atoms with E-state index in [0.717, 1.165) is 74.2 Å². The van der Waals surface area contributed by atoms with Gasteiger partial charge in [-0.05, 0) is 57.1 Å². The fourth-order valence-corrected chi connectivity index (χ4v) is 5.81. The molecule has 0 N–H and O–H groups in total. The molecule has 0 radical (unpaired) electrons. The van der Waals surface area contributed by atoms with Crippen LogP contribution in [-0.4, -0.2) is 22.7 Å². The summed E-state index contributed by atoms with van der Waals surface area (Å²) in [5.41, 5.74) is 5.12. The minimum atomic E-state index is -4.37. The van der Waals surface area contributed by atoms with E-state index in [-0.39, 0.29) is 5.78 Å². The van der Waals surface area contributed by atoms with Crippen molar-refractivity contribution in [3.8, 4) is 11.8 Å². The Bertz CT molecular complexity index is 1280. The number of aryl methyl sites for hydroxylation is 1. The molecular weight excluding hydrogens is 497 g/mol. The summed E-state index contributed by atoms with van der Waals surface area (Å²) >= 11 is 0. The molecule has 0 amide bonds. The van der Waals surface area contributed by atoms with Gasteiger partial charge in [-0.15, -0.1) is 0 Å². The number of aliphatic imine (C=N–C) groups is 1. The topological polar surface area (TPSA) is 34.4 Å². The van der Waals surface area contributed by atoms with Crippen LogP contribution in [0.15, 0.2) is 29.3 Å². The van der Waals surface area contributed by atoms with Gasteiger partial charge in [-0.1, -0.05) is 69.6 Å². The van der Waals surface area contributed by atoms with E-state index in [1.165, 1.54) is 30.3 Å². The molecule has 0 spiro atoms. The average molecular weight is 539 g/mol. The van der Waals surface area contributed by atoms with Crippen LogP contribution in [0.1, 0.15) is 114 Å². The van der Waals surface area contributed by atoms with Gasteiger partial charge in [-0.2, -0.15) is 13.2 Å². The lowest BCUT2D eigenvalue weighted by atomic mass is 9.91. The highest BCUT2D eigenvalue weighted by Crippen LogP contribution is 2.40. The SMILES string of the molecule is CCCC#Cc1c(/C2=C\CCCCC(C(=O)CC(C)C(F)(F)F)C=N2)n(C2CCCCC2)c2cc(C)ccc12. The first-order chi connectivity index (χ1) is 18.7. The maximum absolute atomic E-state index is 13.2. The molecule has 1 aromatic heterocycles. The Balaban J connectivity index is 1.83. The van der Waals surface area contributed by atoms with E-state index in [2.05, 4.69) is 54.5 Å². The number of Topliss-reactive ketones (excluding diaryl/α,β-unsaturated/α-hetero) is 1. The lowest BCUT2D eigenvalue weighted by Gasteiger charge is -2.27. The first kappa shape index (κ1) is 29.2. The van der Waals surface area contributed by atoms with Crippen molar-refractivity contribution in [1.29, 1.82) is 0 Å². The van der Waals surface area contributed by atoms with Gasteiger partial charge in [0, 0.05) is 30.5 Å². The number of fused-ring (bicyclic) bond motifs is 1. The third-order valence-corrected chi connectivity index (χ3v) is 8.11. The van der Waals surface area contributed by atoms with Gasteiger partial charge in [-0.25, -0.2) is 0 Å². The van der Waals surface area contributed by atoms with E-state index in [0.29, 0.717) is 12.5 Å². The molecule has 1 fully saturated rings. The molecular formula is C33H41F3N2O. The Morgan fingerprint density at radius 1 is 1.13 bits per heavy atom. The first-order valence-corrected chi connectivity index (χ1v) is 14.7. The molecule has 39 heavy (non-hydrogen) atoms. The molecule has 2 heterocycles. The van der Waals surface area contributed by atoms with Gasteiger partial charge in [-0.3, -0.25) is 9.79 Å². The molecule has 2 atom stereocenters. The fraction of sp³-hybridized carbons (Fsp3) is 0.576. The zero-order chi connectivity index (χ0) is 28.0. The number of hydrogen-bond acceptors (Lipinski definition) is 2. The van der Waals surface area contributed by atoms with Gasteiger partial charge in [0.1, 0.15) is 5.78 Å². The van der Waals surface area contributed by atoms with E-state index >= 15 is 0 Å². The minimum Gasteiger partial charge on any atom is -0.335 e.